The van der Waals surface area contributed by atoms with Gasteiger partial charge in [-0.2, -0.15) is 13.2 Å². The van der Waals surface area contributed by atoms with Gasteiger partial charge in [-0.05, 0) is 40.8 Å². The summed E-state index contributed by atoms with van der Waals surface area (Å²) in [6, 6.07) is 3.32. The van der Waals surface area contributed by atoms with Crippen LogP contribution in [0.1, 0.15) is 15.9 Å². The van der Waals surface area contributed by atoms with Crippen LogP contribution in [0.25, 0.3) is 0 Å². The Morgan fingerprint density at radius 3 is 2.26 bits per heavy atom. The fraction of sp³-hybridized carbons (Fsp3) is 0.429. The molecule has 1 aliphatic rings. The minimum Gasteiger partial charge on any atom is -0.369 e. The highest BCUT2D eigenvalue weighted by Crippen LogP contribution is 2.31. The lowest BCUT2D eigenvalue weighted by Gasteiger charge is -2.34. The van der Waals surface area contributed by atoms with Crippen LogP contribution in [0.4, 0.5) is 13.2 Å². The molecule has 1 fully saturated rings. The normalized spacial score (nSPS) is 16.4. The van der Waals surface area contributed by atoms with Gasteiger partial charge in [0, 0.05) is 35.3 Å². The second-order valence-electron chi connectivity index (χ2n) is 5.26. The lowest BCUT2D eigenvalue weighted by atomic mass is 10.1. The molecule has 0 radical (unpaired) electrons. The summed E-state index contributed by atoms with van der Waals surface area (Å²) in [6.45, 7) is 1.73. The molecular weight excluding hydrogens is 426 g/mol. The largest absolute Gasteiger partial charge is 0.416 e. The minimum atomic E-state index is -4.49. The Kier molecular flexibility index (Phi) is 5.50. The van der Waals surface area contributed by atoms with Crippen molar-refractivity contribution in [3.63, 3.8) is 0 Å². The summed E-state index contributed by atoms with van der Waals surface area (Å²) >= 11 is 1.76. The van der Waals surface area contributed by atoms with E-state index in [0.717, 1.165) is 12.1 Å². The number of benzene rings is 1. The maximum atomic E-state index is 12.8. The summed E-state index contributed by atoms with van der Waals surface area (Å²) in [5, 5.41) is 0. The molecule has 1 aromatic rings. The number of hydrogen-bond acceptors (Lipinski definition) is 3. The van der Waals surface area contributed by atoms with Crippen LogP contribution in [-0.2, 0) is 11.0 Å². The Balaban J connectivity index is 2.10. The lowest BCUT2D eigenvalue weighted by molar-refractivity contribution is -0.137. The zero-order valence-electron chi connectivity index (χ0n) is 12.1. The number of piperazine rings is 1. The molecule has 9 heteroatoms. The van der Waals surface area contributed by atoms with Crippen molar-refractivity contribution in [1.82, 2.24) is 9.80 Å². The molecule has 0 aromatic heterocycles. The van der Waals surface area contributed by atoms with Crippen LogP contribution >= 0.6 is 22.6 Å². The van der Waals surface area contributed by atoms with E-state index in [9.17, 15) is 22.8 Å². The van der Waals surface area contributed by atoms with E-state index in [2.05, 4.69) is 0 Å². The molecule has 0 saturated carbocycles. The third kappa shape index (κ3) is 4.80. The first-order chi connectivity index (χ1) is 10.7. The minimum absolute atomic E-state index is 0.0209. The number of carbonyl (C=O) groups is 2. The molecule has 0 bridgehead atoms. The predicted molar refractivity (Wildman–Crippen MR) is 85.7 cm³/mol. The molecular formula is C14H15F3IN3O2. The third-order valence-corrected chi connectivity index (χ3v) is 4.13. The van der Waals surface area contributed by atoms with Crippen molar-refractivity contribution in [2.45, 2.75) is 6.18 Å². The second kappa shape index (κ2) is 7.04. The number of halogens is 4. The first-order valence-electron chi connectivity index (χ1n) is 6.84. The monoisotopic (exact) mass is 441 g/mol. The molecule has 0 atom stereocenters. The molecule has 0 spiro atoms. The van der Waals surface area contributed by atoms with E-state index in [1.54, 1.807) is 22.6 Å². The van der Waals surface area contributed by atoms with Crippen molar-refractivity contribution < 1.29 is 22.8 Å². The van der Waals surface area contributed by atoms with Crippen LogP contribution in [0.2, 0.25) is 0 Å². The average Bonchev–Trinajstić information content (AvgIpc) is 2.45. The van der Waals surface area contributed by atoms with Gasteiger partial charge < -0.3 is 10.6 Å². The average molecular weight is 441 g/mol. The van der Waals surface area contributed by atoms with Gasteiger partial charge in [-0.25, -0.2) is 0 Å². The van der Waals surface area contributed by atoms with Gasteiger partial charge in [0.05, 0.1) is 12.1 Å². The number of nitrogens with two attached hydrogens (primary N) is 1. The number of nitrogens with zero attached hydrogens (tertiary/aromatic N) is 2. The zero-order chi connectivity index (χ0) is 17.2. The fourth-order valence-electron chi connectivity index (χ4n) is 2.39. The summed E-state index contributed by atoms with van der Waals surface area (Å²) < 4.78 is 38.9. The van der Waals surface area contributed by atoms with Gasteiger partial charge in [-0.1, -0.05) is 0 Å². The van der Waals surface area contributed by atoms with E-state index in [1.807, 2.05) is 4.90 Å². The number of alkyl halides is 3. The van der Waals surface area contributed by atoms with Crippen molar-refractivity contribution in [2.75, 3.05) is 32.7 Å². The fourth-order valence-corrected chi connectivity index (χ4v) is 3.06. The smallest absolute Gasteiger partial charge is 0.369 e. The molecule has 1 saturated heterocycles. The number of amides is 2. The van der Waals surface area contributed by atoms with Crippen LogP contribution in [0.5, 0.6) is 0 Å². The molecule has 0 aliphatic carbocycles. The molecule has 1 aromatic carbocycles. The second-order valence-corrected chi connectivity index (χ2v) is 6.51. The summed E-state index contributed by atoms with van der Waals surface area (Å²) in [7, 11) is 0. The van der Waals surface area contributed by atoms with Gasteiger partial charge in [-0.15, -0.1) is 0 Å². The van der Waals surface area contributed by atoms with E-state index >= 15 is 0 Å². The first kappa shape index (κ1) is 18.0. The Morgan fingerprint density at radius 1 is 1.13 bits per heavy atom. The van der Waals surface area contributed by atoms with Gasteiger partial charge in [-0.3, -0.25) is 14.5 Å². The van der Waals surface area contributed by atoms with Crippen LogP contribution in [0.15, 0.2) is 18.2 Å². The van der Waals surface area contributed by atoms with Crippen molar-refractivity contribution in [3.8, 4) is 0 Å². The van der Waals surface area contributed by atoms with E-state index in [4.69, 9.17) is 5.73 Å². The van der Waals surface area contributed by atoms with Crippen molar-refractivity contribution in [1.29, 1.82) is 0 Å². The van der Waals surface area contributed by atoms with E-state index in [1.165, 1.54) is 11.0 Å². The molecule has 5 nitrogen and oxygen atoms in total. The summed E-state index contributed by atoms with van der Waals surface area (Å²) in [5.74, 6) is -0.884. The Bertz CT molecular complexity index is 614. The van der Waals surface area contributed by atoms with E-state index in [0.29, 0.717) is 29.7 Å². The molecule has 1 heterocycles. The highest BCUT2D eigenvalue weighted by Gasteiger charge is 2.32. The third-order valence-electron chi connectivity index (χ3n) is 3.51. The SMILES string of the molecule is NC(=O)CN1CCN(C(=O)c2cc(I)cc(C(F)(F)F)c2)CC1. The lowest BCUT2D eigenvalue weighted by Crippen LogP contribution is -2.50. The van der Waals surface area contributed by atoms with E-state index in [-0.39, 0.29) is 12.1 Å². The molecule has 126 valence electrons. The highest BCUT2D eigenvalue weighted by molar-refractivity contribution is 14.1. The van der Waals surface area contributed by atoms with Crippen LogP contribution in [0, 0.1) is 3.57 Å². The van der Waals surface area contributed by atoms with Crippen molar-refractivity contribution in [2.24, 2.45) is 5.73 Å². The van der Waals surface area contributed by atoms with Gasteiger partial charge in [0.1, 0.15) is 0 Å². The number of rotatable bonds is 3. The van der Waals surface area contributed by atoms with Gasteiger partial charge in [0.15, 0.2) is 0 Å². The Labute approximate surface area is 144 Å². The zero-order valence-corrected chi connectivity index (χ0v) is 14.2. The van der Waals surface area contributed by atoms with Crippen molar-refractivity contribution >= 4 is 34.4 Å². The molecule has 1 aliphatic heterocycles. The summed E-state index contributed by atoms with van der Waals surface area (Å²) in [5.41, 5.74) is 4.30. The maximum absolute atomic E-state index is 12.8. The molecule has 2 N–H and O–H groups in total. The van der Waals surface area contributed by atoms with Gasteiger partial charge in [0.25, 0.3) is 5.91 Å². The molecule has 0 unspecified atom stereocenters. The molecule has 2 rings (SSSR count). The Hall–Kier alpha value is -1.36. The van der Waals surface area contributed by atoms with Gasteiger partial charge in [0.2, 0.25) is 5.91 Å². The quantitative estimate of drug-likeness (QED) is 0.725. The highest BCUT2D eigenvalue weighted by atomic mass is 127. The maximum Gasteiger partial charge on any atom is 0.416 e. The predicted octanol–water partition coefficient (Wildman–Crippen LogP) is 1.55. The Morgan fingerprint density at radius 2 is 1.74 bits per heavy atom. The summed E-state index contributed by atoms with van der Waals surface area (Å²) in [6.07, 6.45) is -4.49. The molecule has 2 amide bonds. The topological polar surface area (TPSA) is 66.6 Å². The first-order valence-corrected chi connectivity index (χ1v) is 7.92. The standard InChI is InChI=1S/C14H15F3IN3O2/c15-14(16,17)10-5-9(6-11(18)7-10)13(23)21-3-1-20(2-4-21)8-12(19)22/h5-7H,1-4,8H2,(H2,19,22). The van der Waals surface area contributed by atoms with Crippen LogP contribution in [-0.4, -0.2) is 54.3 Å². The van der Waals surface area contributed by atoms with Crippen LogP contribution in [0.3, 0.4) is 0 Å². The molecule has 23 heavy (non-hydrogen) atoms. The van der Waals surface area contributed by atoms with Gasteiger partial charge >= 0.3 is 6.18 Å². The number of primary amides is 1. The van der Waals surface area contributed by atoms with E-state index < -0.39 is 23.6 Å². The number of hydrogen-bond donors (Lipinski definition) is 1. The van der Waals surface area contributed by atoms with Crippen molar-refractivity contribution in [3.05, 3.63) is 32.9 Å². The summed E-state index contributed by atoms with van der Waals surface area (Å²) in [4.78, 5) is 26.6. The van der Waals surface area contributed by atoms with Crippen LogP contribution < -0.4 is 5.73 Å². The number of carbonyl (C=O) groups excluding carboxylic acids is 2.